The highest BCUT2D eigenvalue weighted by Gasteiger charge is 2.31. The third kappa shape index (κ3) is 31.0. The summed E-state index contributed by atoms with van der Waals surface area (Å²) >= 11 is 1.56. The number of Topliss-reactive ketones (excluding diaryl/α,β-unsaturated/α-hetero) is 3. The minimum atomic E-state index is -1.13. The number of nitrogens with one attached hydrogen (secondary N) is 3. The van der Waals surface area contributed by atoms with E-state index in [0.717, 1.165) is 44.9 Å². The molecule has 0 unspecified atom stereocenters. The molecule has 1 aromatic rings. The van der Waals surface area contributed by atoms with Crippen molar-refractivity contribution >= 4 is 52.7 Å². The Kier molecular flexibility index (Phi) is 35.7. The van der Waals surface area contributed by atoms with Gasteiger partial charge in [0.05, 0.1) is 18.1 Å². The first-order valence-corrected chi connectivity index (χ1v) is 27.1. The second kappa shape index (κ2) is 39.1. The van der Waals surface area contributed by atoms with Crippen LogP contribution in [0.5, 0.6) is 5.75 Å². The van der Waals surface area contributed by atoms with Crippen LogP contribution in [0.1, 0.15) is 193 Å². The third-order valence-electron chi connectivity index (χ3n) is 12.5. The van der Waals surface area contributed by atoms with Crippen LogP contribution in [0.3, 0.4) is 0 Å². The van der Waals surface area contributed by atoms with Crippen LogP contribution in [-0.2, 0) is 40.0 Å². The van der Waals surface area contributed by atoms with Crippen molar-refractivity contribution in [3.63, 3.8) is 0 Å². The van der Waals surface area contributed by atoms with E-state index in [0.29, 0.717) is 56.5 Å². The summed E-state index contributed by atoms with van der Waals surface area (Å²) in [7, 11) is 0. The van der Waals surface area contributed by atoms with Crippen LogP contribution in [0.15, 0.2) is 24.3 Å². The van der Waals surface area contributed by atoms with Crippen LogP contribution in [-0.4, -0.2) is 89.3 Å². The summed E-state index contributed by atoms with van der Waals surface area (Å²) in [5.41, 5.74) is 17.5. The van der Waals surface area contributed by atoms with Crippen molar-refractivity contribution in [2.75, 3.05) is 25.1 Å². The third-order valence-corrected chi connectivity index (χ3v) is 13.1. The standard InChI is InChI=1S/C52H90N6O8S/c1-4-5-6-7-8-9-10-11-12-13-14-15-16-23-50(64)56-44(32-35-67-3)46(60)29-31-51(65)57-45(37-40-24-27-42(59)28-25-40)48(62)38-41(26-30-49(55)63)52(66)58-43(22-18-20-34-54)47(61)36-39(2)21-17-19-33-53/h24-25,27-28,39,41,43-45,59H,4-23,26,29-38,53-54H2,1-3H3,(H2,55,63)(H,56,64)(H,57,65)(H,58,66)/t39-,41-,43+,44+,45+/m1/s1. The fourth-order valence-corrected chi connectivity index (χ4v) is 8.73. The number of aromatic hydroxyl groups is 1. The van der Waals surface area contributed by atoms with E-state index in [1.165, 1.54) is 69.9 Å². The molecule has 10 N–H and O–H groups in total. The highest BCUT2D eigenvalue weighted by molar-refractivity contribution is 7.98. The van der Waals surface area contributed by atoms with Gasteiger partial charge in [-0.3, -0.25) is 33.6 Å². The monoisotopic (exact) mass is 959 g/mol. The lowest BCUT2D eigenvalue weighted by Gasteiger charge is -2.25. The van der Waals surface area contributed by atoms with Gasteiger partial charge in [0.1, 0.15) is 5.75 Å². The Morgan fingerprint density at radius 1 is 0.567 bits per heavy atom. The van der Waals surface area contributed by atoms with Gasteiger partial charge in [-0.1, -0.05) is 116 Å². The maximum absolute atomic E-state index is 14.2. The van der Waals surface area contributed by atoms with Gasteiger partial charge < -0.3 is 38.3 Å². The van der Waals surface area contributed by atoms with Crippen LogP contribution in [0.2, 0.25) is 0 Å². The Morgan fingerprint density at radius 2 is 1.09 bits per heavy atom. The number of amides is 4. The molecule has 0 spiro atoms. The number of ketones is 3. The number of hydrogen-bond donors (Lipinski definition) is 7. The first kappa shape index (κ1) is 61.2. The molecule has 1 rings (SSSR count). The highest BCUT2D eigenvalue weighted by atomic mass is 32.2. The van der Waals surface area contributed by atoms with Gasteiger partial charge in [0.25, 0.3) is 0 Å². The molecule has 0 aliphatic rings. The van der Waals surface area contributed by atoms with Crippen LogP contribution < -0.4 is 33.2 Å². The van der Waals surface area contributed by atoms with Gasteiger partial charge in [-0.2, -0.15) is 11.8 Å². The van der Waals surface area contributed by atoms with Crippen LogP contribution in [0, 0.1) is 11.8 Å². The summed E-state index contributed by atoms with van der Waals surface area (Å²) in [6.07, 6.45) is 21.8. The van der Waals surface area contributed by atoms with Crippen molar-refractivity contribution in [2.24, 2.45) is 29.0 Å². The lowest BCUT2D eigenvalue weighted by molar-refractivity contribution is -0.134. The summed E-state index contributed by atoms with van der Waals surface area (Å²) in [4.78, 5) is 93.6. The summed E-state index contributed by atoms with van der Waals surface area (Å²) in [5, 5.41) is 18.5. The summed E-state index contributed by atoms with van der Waals surface area (Å²) in [6, 6.07) is 3.49. The van der Waals surface area contributed by atoms with Crippen molar-refractivity contribution < 1.29 is 38.7 Å². The Labute approximate surface area is 407 Å². The number of rotatable bonds is 44. The van der Waals surface area contributed by atoms with Crippen molar-refractivity contribution in [2.45, 2.75) is 212 Å². The topological polar surface area (TPSA) is 254 Å². The number of phenolic OH excluding ortho intramolecular Hbond substituents is 1. The second-order valence-corrected chi connectivity index (χ2v) is 19.6. The number of benzene rings is 1. The number of carbonyl (C=O) groups is 7. The van der Waals surface area contributed by atoms with E-state index in [1.807, 2.05) is 13.2 Å². The van der Waals surface area contributed by atoms with Gasteiger partial charge in [0.2, 0.25) is 23.6 Å². The van der Waals surface area contributed by atoms with Crippen molar-refractivity contribution in [3.8, 4) is 5.75 Å². The lowest BCUT2D eigenvalue weighted by Crippen LogP contribution is -2.47. The molecule has 0 saturated heterocycles. The van der Waals surface area contributed by atoms with Crippen LogP contribution in [0.4, 0.5) is 0 Å². The zero-order chi connectivity index (χ0) is 49.7. The Balaban J connectivity index is 2.98. The minimum Gasteiger partial charge on any atom is -0.508 e. The average molecular weight is 959 g/mol. The van der Waals surface area contributed by atoms with Gasteiger partial charge >= 0.3 is 0 Å². The number of unbranched alkanes of at least 4 members (excludes halogenated alkanes) is 14. The maximum Gasteiger partial charge on any atom is 0.224 e. The first-order chi connectivity index (χ1) is 32.2. The molecule has 0 bridgehead atoms. The number of primary amides is 1. The largest absolute Gasteiger partial charge is 0.508 e. The van der Waals surface area contributed by atoms with E-state index in [9.17, 15) is 38.7 Å². The summed E-state index contributed by atoms with van der Waals surface area (Å²) < 4.78 is 0. The van der Waals surface area contributed by atoms with Gasteiger partial charge in [-0.15, -0.1) is 0 Å². The fourth-order valence-electron chi connectivity index (χ4n) is 8.26. The number of carbonyl (C=O) groups excluding carboxylic acids is 7. The normalized spacial score (nSPS) is 13.5. The minimum absolute atomic E-state index is 0.0188. The Bertz CT molecular complexity index is 1560. The van der Waals surface area contributed by atoms with E-state index in [-0.39, 0.29) is 74.1 Å². The molecule has 4 amide bonds. The Hall–Kier alpha value is -3.82. The molecule has 0 radical (unpaired) electrons. The predicted octanol–water partition coefficient (Wildman–Crippen LogP) is 7.67. The molecule has 382 valence electrons. The molecule has 0 fully saturated rings. The molecular formula is C52H90N6O8S. The molecule has 0 aliphatic carbocycles. The van der Waals surface area contributed by atoms with Crippen LogP contribution >= 0.6 is 11.8 Å². The SMILES string of the molecule is CCCCCCCCCCCCCCCC(=O)N[C@@H](CCSC)C(=O)CCC(=O)N[C@@H](Cc1ccc(O)cc1)C(=O)C[C@@H](CCC(N)=O)C(=O)N[C@@H](CCCCN)C(=O)C[C@H](C)CCCCN. The molecule has 15 heteroatoms. The van der Waals surface area contributed by atoms with E-state index in [2.05, 4.69) is 22.9 Å². The molecule has 67 heavy (non-hydrogen) atoms. The average Bonchev–Trinajstić information content (AvgIpc) is 3.29. The van der Waals surface area contributed by atoms with E-state index < -0.39 is 47.5 Å². The molecule has 0 aliphatic heterocycles. The number of phenols is 1. The summed E-state index contributed by atoms with van der Waals surface area (Å²) in [6.45, 7) is 5.23. The quantitative estimate of drug-likeness (QED) is 0.0313. The van der Waals surface area contributed by atoms with Gasteiger partial charge in [0, 0.05) is 44.4 Å². The molecule has 0 heterocycles. The van der Waals surface area contributed by atoms with Crippen LogP contribution in [0.25, 0.3) is 0 Å². The highest BCUT2D eigenvalue weighted by Crippen LogP contribution is 2.21. The molecule has 1 aromatic carbocycles. The molecule has 0 saturated carbocycles. The van der Waals surface area contributed by atoms with Gasteiger partial charge in [-0.25, -0.2) is 0 Å². The van der Waals surface area contributed by atoms with E-state index >= 15 is 0 Å². The molecule has 5 atom stereocenters. The van der Waals surface area contributed by atoms with Crippen molar-refractivity contribution in [3.05, 3.63) is 29.8 Å². The van der Waals surface area contributed by atoms with Gasteiger partial charge in [-0.05, 0) is 100 Å². The van der Waals surface area contributed by atoms with Crippen molar-refractivity contribution in [1.82, 2.24) is 16.0 Å². The lowest BCUT2D eigenvalue weighted by atomic mass is 9.89. The predicted molar refractivity (Wildman–Crippen MR) is 271 cm³/mol. The first-order valence-electron chi connectivity index (χ1n) is 25.7. The smallest absolute Gasteiger partial charge is 0.224 e. The van der Waals surface area contributed by atoms with Gasteiger partial charge in [0.15, 0.2) is 17.3 Å². The summed E-state index contributed by atoms with van der Waals surface area (Å²) in [5.74, 6) is -3.13. The number of hydrogen-bond acceptors (Lipinski definition) is 11. The number of thioether (sulfide) groups is 1. The fraction of sp³-hybridized carbons (Fsp3) is 0.750. The van der Waals surface area contributed by atoms with E-state index in [4.69, 9.17) is 17.2 Å². The maximum atomic E-state index is 14.2. The Morgan fingerprint density at radius 3 is 1.66 bits per heavy atom. The molecular weight excluding hydrogens is 869 g/mol. The molecule has 0 aromatic heterocycles. The van der Waals surface area contributed by atoms with E-state index in [1.54, 1.807) is 23.9 Å². The second-order valence-electron chi connectivity index (χ2n) is 18.6. The number of nitrogens with two attached hydrogens (primary N) is 3. The zero-order valence-electron chi connectivity index (χ0n) is 41.6. The van der Waals surface area contributed by atoms with Crippen molar-refractivity contribution in [1.29, 1.82) is 0 Å². The zero-order valence-corrected chi connectivity index (χ0v) is 42.4. The molecule has 14 nitrogen and oxygen atoms in total.